The number of methoxy groups -OCH3 is 1. The fourth-order valence-electron chi connectivity index (χ4n) is 2.92. The summed E-state index contributed by atoms with van der Waals surface area (Å²) in [7, 11) is 4.32. The van der Waals surface area contributed by atoms with Crippen LogP contribution in [0.3, 0.4) is 0 Å². The highest BCUT2D eigenvalue weighted by molar-refractivity contribution is 5.83. The number of fused-ring (bicyclic) bond motifs is 1. The molecule has 1 aromatic carbocycles. The van der Waals surface area contributed by atoms with Crippen molar-refractivity contribution in [3.63, 3.8) is 0 Å². The van der Waals surface area contributed by atoms with Gasteiger partial charge in [0.05, 0.1) is 19.7 Å². The molecule has 3 aromatic rings. The topological polar surface area (TPSA) is 146 Å². The normalized spacial score (nSPS) is 10.9. The summed E-state index contributed by atoms with van der Waals surface area (Å²) in [4.78, 5) is 40.6. The maximum Gasteiger partial charge on any atom is 0.332 e. The van der Waals surface area contributed by atoms with E-state index in [4.69, 9.17) is 14.7 Å². The van der Waals surface area contributed by atoms with Crippen molar-refractivity contribution >= 4 is 23.3 Å². The molecule has 0 saturated heterocycles. The number of nitrogens with zero attached hydrogens (tertiary/aromatic N) is 6. The van der Waals surface area contributed by atoms with Crippen LogP contribution in [-0.4, -0.2) is 44.5 Å². The van der Waals surface area contributed by atoms with Gasteiger partial charge in [0.2, 0.25) is 0 Å². The molecule has 0 bridgehead atoms. The summed E-state index contributed by atoms with van der Waals surface area (Å²) in [6.07, 6.45) is 2.73. The Morgan fingerprint density at radius 2 is 2.06 bits per heavy atom. The van der Waals surface area contributed by atoms with Crippen LogP contribution >= 0.6 is 0 Å². The molecule has 12 nitrogen and oxygen atoms in total. The zero-order chi connectivity index (χ0) is 22.5. The number of benzene rings is 1. The molecule has 31 heavy (non-hydrogen) atoms. The Kier molecular flexibility index (Phi) is 6.15. The molecule has 0 fully saturated rings. The molecule has 160 valence electrons. The molecule has 12 heteroatoms. The minimum absolute atomic E-state index is 0.0895. The van der Waals surface area contributed by atoms with Gasteiger partial charge in [-0.15, -0.1) is 0 Å². The third-order valence-electron chi connectivity index (χ3n) is 4.41. The molecule has 2 aromatic heterocycles. The average molecular weight is 425 g/mol. The van der Waals surface area contributed by atoms with E-state index in [0.29, 0.717) is 17.1 Å². The molecule has 1 N–H and O–H groups in total. The third-order valence-corrected chi connectivity index (χ3v) is 4.41. The van der Waals surface area contributed by atoms with Gasteiger partial charge in [0, 0.05) is 14.1 Å². The highest BCUT2D eigenvalue weighted by atomic mass is 16.5. The smallest absolute Gasteiger partial charge is 0.332 e. The summed E-state index contributed by atoms with van der Waals surface area (Å²) < 4.78 is 14.1. The van der Waals surface area contributed by atoms with Gasteiger partial charge in [0.15, 0.2) is 23.6 Å². The summed E-state index contributed by atoms with van der Waals surface area (Å²) in [5.41, 5.74) is 2.28. The second-order valence-corrected chi connectivity index (χ2v) is 6.40. The number of amides is 1. The van der Waals surface area contributed by atoms with Crippen LogP contribution in [0.5, 0.6) is 11.5 Å². The highest BCUT2D eigenvalue weighted by Crippen LogP contribution is 2.27. The van der Waals surface area contributed by atoms with E-state index < -0.39 is 17.2 Å². The number of aryl methyl sites for hydroxylation is 1. The van der Waals surface area contributed by atoms with Crippen molar-refractivity contribution in [2.45, 2.75) is 6.54 Å². The van der Waals surface area contributed by atoms with E-state index in [1.54, 1.807) is 18.2 Å². The van der Waals surface area contributed by atoms with Crippen molar-refractivity contribution in [2.75, 3.05) is 13.7 Å². The Labute approximate surface area is 175 Å². The standard InChI is InChI=1S/C19H19N7O5/c1-24-17-16(18(28)25(2)19(24)29)21-11-26(17)10-15(27)23-22-9-12-4-5-13(31-7-6-20)14(8-12)30-3/h4-5,8-9,11H,7,10H2,1-3H3,(H,23,27)/b22-9+. The number of hydrogen-bond donors (Lipinski definition) is 1. The summed E-state index contributed by atoms with van der Waals surface area (Å²) in [6, 6.07) is 6.81. The first-order chi connectivity index (χ1) is 14.9. The number of hydrogen-bond acceptors (Lipinski definition) is 8. The van der Waals surface area contributed by atoms with Gasteiger partial charge in [-0.05, 0) is 23.8 Å². The molecule has 1 amide bonds. The molecule has 0 spiro atoms. The largest absolute Gasteiger partial charge is 0.493 e. The maximum absolute atomic E-state index is 12.3. The first kappa shape index (κ1) is 21.3. The summed E-state index contributed by atoms with van der Waals surface area (Å²) in [5, 5.41) is 12.5. The van der Waals surface area contributed by atoms with E-state index in [9.17, 15) is 14.4 Å². The van der Waals surface area contributed by atoms with Crippen LogP contribution in [0.1, 0.15) is 5.56 Å². The maximum atomic E-state index is 12.3. The zero-order valence-electron chi connectivity index (χ0n) is 17.0. The van der Waals surface area contributed by atoms with Crippen molar-refractivity contribution in [3.05, 3.63) is 50.9 Å². The fourth-order valence-corrected chi connectivity index (χ4v) is 2.92. The molecule has 0 aliphatic carbocycles. The number of rotatable bonds is 7. The molecule has 0 aliphatic rings. The van der Waals surface area contributed by atoms with Crippen LogP contribution in [0.4, 0.5) is 0 Å². The monoisotopic (exact) mass is 425 g/mol. The molecule has 0 saturated carbocycles. The van der Waals surface area contributed by atoms with Gasteiger partial charge in [0.25, 0.3) is 11.5 Å². The van der Waals surface area contributed by atoms with Gasteiger partial charge < -0.3 is 14.0 Å². The van der Waals surface area contributed by atoms with E-state index in [1.807, 2.05) is 6.07 Å². The predicted octanol–water partition coefficient (Wildman–Crippen LogP) is -0.505. The van der Waals surface area contributed by atoms with Gasteiger partial charge in [-0.1, -0.05) is 0 Å². The SMILES string of the molecule is COc1cc(/C=N/NC(=O)Cn2cnc3c(=O)n(C)c(=O)n(C)c32)ccc1OCC#N. The van der Waals surface area contributed by atoms with Crippen molar-refractivity contribution in [3.8, 4) is 17.6 Å². The molecule has 0 aliphatic heterocycles. The van der Waals surface area contributed by atoms with Gasteiger partial charge in [0.1, 0.15) is 18.3 Å². The Bertz CT molecular complexity index is 1330. The predicted molar refractivity (Wildman–Crippen MR) is 110 cm³/mol. The second-order valence-electron chi connectivity index (χ2n) is 6.40. The van der Waals surface area contributed by atoms with E-state index in [-0.39, 0.29) is 24.3 Å². The first-order valence-corrected chi connectivity index (χ1v) is 8.98. The summed E-state index contributed by atoms with van der Waals surface area (Å²) in [6.45, 7) is -0.307. The van der Waals surface area contributed by atoms with Gasteiger partial charge in [-0.25, -0.2) is 15.2 Å². The molecular formula is C19H19N7O5. The molecule has 3 rings (SSSR count). The van der Waals surface area contributed by atoms with Crippen molar-refractivity contribution in [1.29, 1.82) is 5.26 Å². The lowest BCUT2D eigenvalue weighted by atomic mass is 10.2. The van der Waals surface area contributed by atoms with Crippen LogP contribution in [-0.2, 0) is 25.4 Å². The van der Waals surface area contributed by atoms with Crippen molar-refractivity contribution < 1.29 is 14.3 Å². The molecule has 0 unspecified atom stereocenters. The van der Waals surface area contributed by atoms with E-state index in [1.165, 1.54) is 42.9 Å². The Morgan fingerprint density at radius 1 is 1.29 bits per heavy atom. The summed E-state index contributed by atoms with van der Waals surface area (Å²) in [5.74, 6) is 0.344. The van der Waals surface area contributed by atoms with E-state index >= 15 is 0 Å². The number of carbonyl (C=O) groups is 1. The Hall–Kier alpha value is -4.40. The molecule has 0 radical (unpaired) electrons. The fraction of sp³-hybridized carbons (Fsp3) is 0.263. The Balaban J connectivity index is 1.73. The average Bonchev–Trinajstić information content (AvgIpc) is 3.18. The number of carbonyl (C=O) groups excluding carboxylic acids is 1. The minimum Gasteiger partial charge on any atom is -0.493 e. The zero-order valence-corrected chi connectivity index (χ0v) is 17.0. The second kappa shape index (κ2) is 8.95. The third kappa shape index (κ3) is 4.30. The quantitative estimate of drug-likeness (QED) is 0.396. The molecular weight excluding hydrogens is 406 g/mol. The number of nitriles is 1. The van der Waals surface area contributed by atoms with Gasteiger partial charge in [-0.2, -0.15) is 10.4 Å². The minimum atomic E-state index is -0.536. The van der Waals surface area contributed by atoms with Gasteiger partial charge in [-0.3, -0.25) is 18.7 Å². The lowest BCUT2D eigenvalue weighted by Gasteiger charge is -2.09. The van der Waals surface area contributed by atoms with Crippen LogP contribution in [0.2, 0.25) is 0 Å². The number of imidazole rings is 1. The Morgan fingerprint density at radius 3 is 2.77 bits per heavy atom. The number of hydrazone groups is 1. The molecule has 0 atom stereocenters. The number of aromatic nitrogens is 4. The molecule has 2 heterocycles. The van der Waals surface area contributed by atoms with Crippen LogP contribution < -0.4 is 26.1 Å². The lowest BCUT2D eigenvalue weighted by molar-refractivity contribution is -0.121. The van der Waals surface area contributed by atoms with Gasteiger partial charge >= 0.3 is 5.69 Å². The van der Waals surface area contributed by atoms with Crippen LogP contribution in [0.25, 0.3) is 11.2 Å². The van der Waals surface area contributed by atoms with Crippen molar-refractivity contribution in [2.24, 2.45) is 19.2 Å². The van der Waals surface area contributed by atoms with Crippen LogP contribution in [0.15, 0.2) is 39.2 Å². The van der Waals surface area contributed by atoms with E-state index in [2.05, 4.69) is 15.5 Å². The van der Waals surface area contributed by atoms with Crippen LogP contribution in [0, 0.1) is 11.3 Å². The lowest BCUT2D eigenvalue weighted by Crippen LogP contribution is -2.37. The first-order valence-electron chi connectivity index (χ1n) is 8.98. The highest BCUT2D eigenvalue weighted by Gasteiger charge is 2.15. The summed E-state index contributed by atoms with van der Waals surface area (Å²) >= 11 is 0. The van der Waals surface area contributed by atoms with E-state index in [0.717, 1.165) is 4.57 Å². The number of nitrogens with one attached hydrogen (secondary N) is 1. The number of ether oxygens (including phenoxy) is 2. The van der Waals surface area contributed by atoms with Crippen molar-refractivity contribution in [1.82, 2.24) is 24.1 Å².